The molecule has 0 aliphatic carbocycles. The van der Waals surface area contributed by atoms with E-state index in [1.165, 1.54) is 25.2 Å². The minimum Gasteiger partial charge on any atom is -0.371 e. The van der Waals surface area contributed by atoms with Gasteiger partial charge in [-0.15, -0.1) is 11.3 Å². The van der Waals surface area contributed by atoms with Crippen LogP contribution in [0.3, 0.4) is 0 Å². The van der Waals surface area contributed by atoms with Gasteiger partial charge in [-0.25, -0.2) is 4.98 Å². The smallest absolute Gasteiger partial charge is 0.270 e. The molecule has 1 amide bonds. The highest BCUT2D eigenvalue weighted by molar-refractivity contribution is 7.17. The molecule has 5 nitrogen and oxygen atoms in total. The molecular weight excluding hydrogens is 332 g/mol. The number of pyridine rings is 1. The molecular formula is C19H26N4OS. The van der Waals surface area contributed by atoms with Crippen molar-refractivity contribution in [3.8, 4) is 0 Å². The lowest BCUT2D eigenvalue weighted by Gasteiger charge is -2.30. The number of fused-ring (bicyclic) bond motifs is 3. The SMILES string of the molecule is CCN(CC)c1csc2cnc(C(=O)N[C@@H]3C[C@@H]4CCN(C4)C3)cc12. The van der Waals surface area contributed by atoms with Gasteiger partial charge in [0, 0.05) is 49.2 Å². The summed E-state index contributed by atoms with van der Waals surface area (Å²) in [5.41, 5.74) is 1.75. The minimum absolute atomic E-state index is 0.0360. The quantitative estimate of drug-likeness (QED) is 0.893. The molecule has 0 aromatic carbocycles. The van der Waals surface area contributed by atoms with Gasteiger partial charge in [-0.1, -0.05) is 0 Å². The minimum atomic E-state index is -0.0360. The van der Waals surface area contributed by atoms with Crippen molar-refractivity contribution in [3.05, 3.63) is 23.3 Å². The van der Waals surface area contributed by atoms with Crippen LogP contribution in [0.4, 0.5) is 5.69 Å². The van der Waals surface area contributed by atoms with E-state index in [-0.39, 0.29) is 11.9 Å². The average molecular weight is 359 g/mol. The van der Waals surface area contributed by atoms with Crippen molar-refractivity contribution in [2.45, 2.75) is 32.7 Å². The van der Waals surface area contributed by atoms with E-state index < -0.39 is 0 Å². The number of carbonyl (C=O) groups excluding carboxylic acids is 1. The van der Waals surface area contributed by atoms with Gasteiger partial charge in [-0.05, 0) is 45.2 Å². The average Bonchev–Trinajstić information content (AvgIpc) is 3.19. The number of anilines is 1. The van der Waals surface area contributed by atoms with Gasteiger partial charge in [0.05, 0.1) is 10.4 Å². The summed E-state index contributed by atoms with van der Waals surface area (Å²) in [4.78, 5) is 21.9. The first kappa shape index (κ1) is 16.8. The van der Waals surface area contributed by atoms with Gasteiger partial charge in [0.1, 0.15) is 5.69 Å². The Morgan fingerprint density at radius 3 is 3.00 bits per heavy atom. The lowest BCUT2D eigenvalue weighted by atomic mass is 9.97. The molecule has 2 saturated heterocycles. The molecule has 134 valence electrons. The van der Waals surface area contributed by atoms with Gasteiger partial charge >= 0.3 is 0 Å². The van der Waals surface area contributed by atoms with Crippen molar-refractivity contribution in [3.63, 3.8) is 0 Å². The molecule has 0 radical (unpaired) electrons. The Bertz CT molecular complexity index is 758. The van der Waals surface area contributed by atoms with Crippen molar-refractivity contribution >= 4 is 33.0 Å². The fourth-order valence-electron chi connectivity index (χ4n) is 4.28. The molecule has 2 fully saturated rings. The van der Waals surface area contributed by atoms with E-state index >= 15 is 0 Å². The van der Waals surface area contributed by atoms with Crippen molar-refractivity contribution in [2.75, 3.05) is 37.6 Å². The summed E-state index contributed by atoms with van der Waals surface area (Å²) >= 11 is 1.70. The molecule has 6 heteroatoms. The topological polar surface area (TPSA) is 48.5 Å². The van der Waals surface area contributed by atoms with Crippen molar-refractivity contribution in [1.82, 2.24) is 15.2 Å². The number of carbonyl (C=O) groups is 1. The zero-order chi connectivity index (χ0) is 17.4. The highest BCUT2D eigenvalue weighted by Crippen LogP contribution is 2.33. The molecule has 2 bridgehead atoms. The van der Waals surface area contributed by atoms with Gasteiger partial charge in [0.15, 0.2) is 0 Å². The fourth-order valence-corrected chi connectivity index (χ4v) is 5.20. The molecule has 2 aromatic heterocycles. The lowest BCUT2D eigenvalue weighted by molar-refractivity contribution is 0.0904. The normalized spacial score (nSPS) is 25.3. The Kier molecular flexibility index (Phi) is 4.65. The van der Waals surface area contributed by atoms with E-state index in [0.717, 1.165) is 42.1 Å². The molecule has 1 N–H and O–H groups in total. The van der Waals surface area contributed by atoms with Crippen LogP contribution < -0.4 is 10.2 Å². The molecule has 0 saturated carbocycles. The Morgan fingerprint density at radius 2 is 2.24 bits per heavy atom. The van der Waals surface area contributed by atoms with E-state index in [0.29, 0.717) is 5.69 Å². The fraction of sp³-hybridized carbons (Fsp3) is 0.579. The molecule has 4 rings (SSSR count). The highest BCUT2D eigenvalue weighted by atomic mass is 32.1. The van der Waals surface area contributed by atoms with Crippen LogP contribution in [0.2, 0.25) is 0 Å². The zero-order valence-electron chi connectivity index (χ0n) is 15.0. The van der Waals surface area contributed by atoms with Crippen LogP contribution in [0, 0.1) is 5.92 Å². The summed E-state index contributed by atoms with van der Waals surface area (Å²) in [6.07, 6.45) is 4.22. The predicted octanol–water partition coefficient (Wildman–Crippen LogP) is 2.97. The van der Waals surface area contributed by atoms with E-state index in [9.17, 15) is 4.79 Å². The largest absolute Gasteiger partial charge is 0.371 e. The Balaban J connectivity index is 1.54. The maximum Gasteiger partial charge on any atom is 0.270 e. The second kappa shape index (κ2) is 6.92. The number of hydrogen-bond acceptors (Lipinski definition) is 5. The summed E-state index contributed by atoms with van der Waals surface area (Å²) in [5.74, 6) is 0.715. The third kappa shape index (κ3) is 3.25. The summed E-state index contributed by atoms with van der Waals surface area (Å²) < 4.78 is 1.14. The van der Waals surface area contributed by atoms with Crippen LogP contribution in [-0.2, 0) is 0 Å². The maximum atomic E-state index is 12.7. The second-order valence-corrected chi connectivity index (χ2v) is 8.09. The number of piperidine rings is 1. The van der Waals surface area contributed by atoms with E-state index in [1.807, 2.05) is 12.3 Å². The first-order chi connectivity index (χ1) is 12.2. The van der Waals surface area contributed by atoms with Gasteiger partial charge in [0.2, 0.25) is 0 Å². The molecule has 2 aliphatic rings. The molecule has 1 unspecified atom stereocenters. The Labute approximate surface area is 153 Å². The van der Waals surface area contributed by atoms with E-state index in [2.05, 4.69) is 39.3 Å². The monoisotopic (exact) mass is 358 g/mol. The number of amides is 1. The molecule has 2 aliphatic heterocycles. The third-order valence-electron chi connectivity index (χ3n) is 5.58. The second-order valence-electron chi connectivity index (χ2n) is 7.18. The molecule has 2 aromatic rings. The van der Waals surface area contributed by atoms with Crippen molar-refractivity contribution in [2.24, 2.45) is 5.92 Å². The van der Waals surface area contributed by atoms with Crippen LogP contribution >= 0.6 is 11.3 Å². The first-order valence-corrected chi connectivity index (χ1v) is 10.2. The molecule has 3 atom stereocenters. The van der Waals surface area contributed by atoms with Crippen LogP contribution in [0.1, 0.15) is 37.2 Å². The van der Waals surface area contributed by atoms with Crippen LogP contribution in [0.15, 0.2) is 17.6 Å². The summed E-state index contributed by atoms with van der Waals surface area (Å²) in [5, 5.41) is 6.53. The lowest BCUT2D eigenvalue weighted by Crippen LogP contribution is -2.47. The zero-order valence-corrected chi connectivity index (χ0v) is 15.8. The van der Waals surface area contributed by atoms with Gasteiger partial charge in [-0.3, -0.25) is 4.79 Å². The maximum absolute atomic E-state index is 12.7. The highest BCUT2D eigenvalue weighted by Gasteiger charge is 2.33. The number of nitrogens with one attached hydrogen (secondary N) is 1. The van der Waals surface area contributed by atoms with Gasteiger partial charge in [-0.2, -0.15) is 0 Å². The number of nitrogens with zero attached hydrogens (tertiary/aromatic N) is 3. The number of rotatable bonds is 5. The Morgan fingerprint density at radius 1 is 1.40 bits per heavy atom. The van der Waals surface area contributed by atoms with Crippen LogP contribution in [0.25, 0.3) is 10.1 Å². The van der Waals surface area contributed by atoms with Crippen molar-refractivity contribution in [1.29, 1.82) is 0 Å². The number of hydrogen-bond donors (Lipinski definition) is 1. The van der Waals surface area contributed by atoms with Crippen LogP contribution in [0.5, 0.6) is 0 Å². The third-order valence-corrected chi connectivity index (χ3v) is 6.50. The summed E-state index contributed by atoms with van der Waals surface area (Å²) in [6.45, 7) is 9.62. The summed E-state index contributed by atoms with van der Waals surface area (Å²) in [7, 11) is 0. The molecule has 0 spiro atoms. The number of aromatic nitrogens is 1. The van der Waals surface area contributed by atoms with E-state index in [4.69, 9.17) is 0 Å². The van der Waals surface area contributed by atoms with E-state index in [1.54, 1.807) is 11.3 Å². The Hall–Kier alpha value is -1.66. The molecule has 4 heterocycles. The van der Waals surface area contributed by atoms with Gasteiger partial charge in [0.25, 0.3) is 5.91 Å². The van der Waals surface area contributed by atoms with Crippen molar-refractivity contribution < 1.29 is 4.79 Å². The summed E-state index contributed by atoms with van der Waals surface area (Å²) in [6, 6.07) is 2.22. The standard InChI is InChI=1S/C19H26N4OS/c1-3-23(4-2)17-12-25-18-9-20-16(8-15(17)18)19(24)21-14-7-13-5-6-22(10-13)11-14/h8-9,12-14H,3-7,10-11H2,1-2H3,(H,21,24)/t13-,14+/m0/s1. The number of thiophene rings is 1. The first-order valence-electron chi connectivity index (χ1n) is 9.33. The van der Waals surface area contributed by atoms with Crippen LogP contribution in [-0.4, -0.2) is 54.6 Å². The molecule has 25 heavy (non-hydrogen) atoms. The van der Waals surface area contributed by atoms with Gasteiger partial charge < -0.3 is 15.1 Å². The predicted molar refractivity (Wildman–Crippen MR) is 104 cm³/mol.